The Morgan fingerprint density at radius 2 is 1.92 bits per heavy atom. The van der Waals surface area contributed by atoms with Crippen LogP contribution in [0.5, 0.6) is 0 Å². The predicted molar refractivity (Wildman–Crippen MR) is 37.6 cm³/mol. The van der Waals surface area contributed by atoms with Gasteiger partial charge in [-0.05, 0) is 0 Å². The normalized spacial score (nSPS) is 15.2. The highest BCUT2D eigenvalue weighted by molar-refractivity contribution is 7.93. The van der Waals surface area contributed by atoms with Crippen molar-refractivity contribution in [1.82, 2.24) is 0 Å². The van der Waals surface area contributed by atoms with Crippen LogP contribution < -0.4 is 0 Å². The van der Waals surface area contributed by atoms with E-state index in [2.05, 4.69) is 0 Å². The molecule has 1 atom stereocenters. The molecular formula is C3H6NO6PS. The molecule has 1 unspecified atom stereocenters. The Morgan fingerprint density at radius 1 is 1.50 bits per heavy atom. The van der Waals surface area contributed by atoms with Gasteiger partial charge in [-0.25, -0.2) is 0 Å². The minimum atomic E-state index is -4.97. The lowest BCUT2D eigenvalue weighted by Gasteiger charge is -2.10. The topological polar surface area (TPSA) is 136 Å². The predicted octanol–water partition coefficient (Wildman–Crippen LogP) is -0.708. The molecule has 7 nitrogen and oxygen atoms in total. The van der Waals surface area contributed by atoms with Crippen molar-refractivity contribution in [3.05, 3.63) is 0 Å². The van der Waals surface area contributed by atoms with Crippen LogP contribution in [0.3, 0.4) is 0 Å². The maximum absolute atomic E-state index is 10.4. The highest BCUT2D eigenvalue weighted by Gasteiger charge is 2.39. The summed E-state index contributed by atoms with van der Waals surface area (Å²) < 4.78 is 39.2. The quantitative estimate of drug-likeness (QED) is 0.417. The third-order valence-electron chi connectivity index (χ3n) is 0.985. The van der Waals surface area contributed by atoms with Crippen molar-refractivity contribution in [2.24, 2.45) is 0 Å². The molecule has 0 aliphatic heterocycles. The van der Waals surface area contributed by atoms with Gasteiger partial charge < -0.3 is 9.79 Å². The van der Waals surface area contributed by atoms with Crippen LogP contribution in [-0.2, 0) is 14.7 Å². The average Bonchev–Trinajstić information content (AvgIpc) is 1.77. The van der Waals surface area contributed by atoms with Gasteiger partial charge in [-0.2, -0.15) is 13.7 Å². The van der Waals surface area contributed by atoms with E-state index >= 15 is 0 Å². The second-order valence-corrected chi connectivity index (χ2v) is 5.67. The fourth-order valence-electron chi connectivity index (χ4n) is 0.476. The molecule has 0 saturated heterocycles. The Morgan fingerprint density at radius 3 is 2.00 bits per heavy atom. The molecule has 0 saturated carbocycles. The first-order chi connectivity index (χ1) is 5.19. The minimum Gasteiger partial charge on any atom is -0.323 e. The van der Waals surface area contributed by atoms with E-state index in [4.69, 9.17) is 19.6 Å². The van der Waals surface area contributed by atoms with E-state index in [1.54, 1.807) is 0 Å². The lowest BCUT2D eigenvalue weighted by atomic mass is 10.5. The SMILES string of the molecule is N#CCC(P(=O)(O)O)S(=O)(=O)O. The maximum Gasteiger partial charge on any atom is 0.347 e. The molecule has 0 spiro atoms. The van der Waals surface area contributed by atoms with Crippen LogP contribution in [0, 0.1) is 11.3 Å². The van der Waals surface area contributed by atoms with Gasteiger partial charge in [-0.3, -0.25) is 9.12 Å². The third-order valence-corrected chi connectivity index (χ3v) is 4.40. The fourth-order valence-corrected chi connectivity index (χ4v) is 2.47. The van der Waals surface area contributed by atoms with Gasteiger partial charge in [-0.15, -0.1) is 0 Å². The van der Waals surface area contributed by atoms with Crippen LogP contribution in [0.15, 0.2) is 0 Å². The average molecular weight is 215 g/mol. The Balaban J connectivity index is 4.99. The second-order valence-electron chi connectivity index (χ2n) is 1.92. The number of nitrogens with zero attached hydrogens (tertiary/aromatic N) is 1. The van der Waals surface area contributed by atoms with E-state index in [9.17, 15) is 13.0 Å². The fraction of sp³-hybridized carbons (Fsp3) is 0.667. The number of hydrogen-bond donors (Lipinski definition) is 3. The summed E-state index contributed by atoms with van der Waals surface area (Å²) in [6.45, 7) is 0. The number of nitriles is 1. The van der Waals surface area contributed by atoms with E-state index in [1.165, 1.54) is 6.07 Å². The van der Waals surface area contributed by atoms with Gasteiger partial charge in [0.1, 0.15) is 0 Å². The summed E-state index contributed by atoms with van der Waals surface area (Å²) in [5.41, 5.74) is 0. The minimum absolute atomic E-state index is 0.941. The standard InChI is InChI=1S/C3H6NO6PS/c4-2-1-3(11(5,6)7)12(8,9)10/h3H,1H2,(H2,5,6,7)(H,8,9,10). The summed E-state index contributed by atoms with van der Waals surface area (Å²) in [5.74, 6) is 0. The van der Waals surface area contributed by atoms with Crippen LogP contribution >= 0.6 is 7.60 Å². The second kappa shape index (κ2) is 3.51. The summed E-state index contributed by atoms with van der Waals surface area (Å²) >= 11 is 0. The van der Waals surface area contributed by atoms with Crippen LogP contribution in [-0.4, -0.2) is 27.7 Å². The molecule has 12 heavy (non-hydrogen) atoms. The Labute approximate surface area is 68.5 Å². The lowest BCUT2D eigenvalue weighted by Crippen LogP contribution is -2.19. The van der Waals surface area contributed by atoms with E-state index in [1.807, 2.05) is 0 Å². The third kappa shape index (κ3) is 3.30. The van der Waals surface area contributed by atoms with Gasteiger partial charge in [0, 0.05) is 0 Å². The monoisotopic (exact) mass is 215 g/mol. The van der Waals surface area contributed by atoms with Crippen LogP contribution in [0.4, 0.5) is 0 Å². The molecule has 0 rings (SSSR count). The Hall–Kier alpha value is -0.450. The van der Waals surface area contributed by atoms with Gasteiger partial charge in [0.2, 0.25) is 0 Å². The lowest BCUT2D eigenvalue weighted by molar-refractivity contribution is 0.364. The van der Waals surface area contributed by atoms with Crippen molar-refractivity contribution >= 4 is 17.7 Å². The molecule has 0 heterocycles. The van der Waals surface area contributed by atoms with Crippen molar-refractivity contribution in [2.75, 3.05) is 0 Å². The van der Waals surface area contributed by atoms with E-state index in [0.717, 1.165) is 0 Å². The largest absolute Gasteiger partial charge is 0.347 e. The smallest absolute Gasteiger partial charge is 0.323 e. The van der Waals surface area contributed by atoms with Gasteiger partial charge >= 0.3 is 7.60 Å². The Bertz CT molecular complexity index is 334. The number of hydrogen-bond acceptors (Lipinski definition) is 4. The van der Waals surface area contributed by atoms with Crippen molar-refractivity contribution < 1.29 is 27.3 Å². The van der Waals surface area contributed by atoms with Crippen molar-refractivity contribution in [2.45, 2.75) is 11.4 Å². The van der Waals surface area contributed by atoms with E-state index < -0.39 is 29.1 Å². The Kier molecular flexibility index (Phi) is 3.38. The molecular weight excluding hydrogens is 209 g/mol. The summed E-state index contributed by atoms with van der Waals surface area (Å²) in [4.78, 5) is 14.4. The van der Waals surface area contributed by atoms with E-state index in [-0.39, 0.29) is 0 Å². The molecule has 0 amide bonds. The highest BCUT2D eigenvalue weighted by Crippen LogP contribution is 2.45. The molecule has 9 heteroatoms. The molecule has 0 aromatic carbocycles. The first-order valence-corrected chi connectivity index (χ1v) is 5.76. The molecule has 0 radical (unpaired) electrons. The first-order valence-electron chi connectivity index (χ1n) is 2.58. The van der Waals surface area contributed by atoms with Crippen molar-refractivity contribution in [3.63, 3.8) is 0 Å². The molecule has 0 aromatic heterocycles. The molecule has 0 aliphatic carbocycles. The summed E-state index contributed by atoms with van der Waals surface area (Å²) in [6, 6.07) is 1.25. The van der Waals surface area contributed by atoms with Crippen LogP contribution in [0.25, 0.3) is 0 Å². The van der Waals surface area contributed by atoms with Gasteiger partial charge in [0.05, 0.1) is 12.5 Å². The first kappa shape index (κ1) is 11.6. The van der Waals surface area contributed by atoms with E-state index in [0.29, 0.717) is 0 Å². The van der Waals surface area contributed by atoms with Gasteiger partial charge in [0.25, 0.3) is 10.1 Å². The summed E-state index contributed by atoms with van der Waals surface area (Å²) in [7, 11) is -9.84. The zero-order valence-electron chi connectivity index (χ0n) is 5.65. The molecule has 0 aromatic rings. The summed E-state index contributed by atoms with van der Waals surface area (Å²) in [5, 5.41) is 7.99. The van der Waals surface area contributed by atoms with Crippen molar-refractivity contribution in [3.8, 4) is 6.07 Å². The zero-order chi connectivity index (χ0) is 9.99. The van der Waals surface area contributed by atoms with Crippen LogP contribution in [0.2, 0.25) is 0 Å². The molecule has 0 bridgehead atoms. The van der Waals surface area contributed by atoms with Gasteiger partial charge in [-0.1, -0.05) is 0 Å². The van der Waals surface area contributed by atoms with Crippen LogP contribution in [0.1, 0.15) is 6.42 Å². The zero-order valence-corrected chi connectivity index (χ0v) is 7.36. The van der Waals surface area contributed by atoms with Gasteiger partial charge in [0.15, 0.2) is 4.99 Å². The molecule has 0 fully saturated rings. The molecule has 3 N–H and O–H groups in total. The molecule has 70 valence electrons. The highest BCUT2D eigenvalue weighted by atomic mass is 32.2. The molecule has 0 aliphatic rings. The van der Waals surface area contributed by atoms with Crippen molar-refractivity contribution in [1.29, 1.82) is 5.26 Å². The maximum atomic E-state index is 10.4. The number of rotatable bonds is 3. The summed E-state index contributed by atoms with van der Waals surface area (Å²) in [6.07, 6.45) is -0.941.